The van der Waals surface area contributed by atoms with E-state index in [1.54, 1.807) is 13.8 Å². The molecule has 0 aliphatic heterocycles. The molecule has 0 bridgehead atoms. The zero-order chi connectivity index (χ0) is 15.5. The smallest absolute Gasteiger partial charge is 0.337 e. The zero-order valence-corrected chi connectivity index (χ0v) is 13.3. The van der Waals surface area contributed by atoms with Crippen LogP contribution in [-0.4, -0.2) is 37.2 Å². The molecule has 1 aromatic carbocycles. The van der Waals surface area contributed by atoms with Crippen molar-refractivity contribution in [1.82, 2.24) is 5.32 Å². The third-order valence-electron chi connectivity index (χ3n) is 2.28. The van der Waals surface area contributed by atoms with Crippen LogP contribution < -0.4 is 5.32 Å². The van der Waals surface area contributed by atoms with E-state index < -0.39 is 27.5 Å². The predicted octanol–water partition coefficient (Wildman–Crippen LogP) is 1.45. The molecule has 0 atom stereocenters. The minimum atomic E-state index is -4.03. The highest BCUT2D eigenvalue weighted by Crippen LogP contribution is 2.22. The highest BCUT2D eigenvalue weighted by molar-refractivity contribution is 9.10. The van der Waals surface area contributed by atoms with Gasteiger partial charge < -0.3 is 10.4 Å². The van der Waals surface area contributed by atoms with Crippen molar-refractivity contribution >= 4 is 37.6 Å². The van der Waals surface area contributed by atoms with Gasteiger partial charge in [0.15, 0.2) is 9.84 Å². The molecule has 0 radical (unpaired) electrons. The molecule has 0 aliphatic carbocycles. The molecule has 6 nitrogen and oxygen atoms in total. The van der Waals surface area contributed by atoms with Gasteiger partial charge in [-0.2, -0.15) is 0 Å². The molecule has 0 fully saturated rings. The van der Waals surface area contributed by atoms with Crippen molar-refractivity contribution < 1.29 is 23.1 Å². The van der Waals surface area contributed by atoms with Gasteiger partial charge in [0, 0.05) is 10.5 Å². The van der Waals surface area contributed by atoms with Gasteiger partial charge in [-0.15, -0.1) is 0 Å². The first-order valence-electron chi connectivity index (χ1n) is 5.68. The van der Waals surface area contributed by atoms with Crippen molar-refractivity contribution in [2.75, 3.05) is 5.75 Å². The normalized spacial score (nSPS) is 11.4. The van der Waals surface area contributed by atoms with Gasteiger partial charge in [-0.3, -0.25) is 4.79 Å². The monoisotopic (exact) mass is 363 g/mol. The van der Waals surface area contributed by atoms with Gasteiger partial charge in [0.25, 0.3) is 0 Å². The predicted molar refractivity (Wildman–Crippen MR) is 76.4 cm³/mol. The number of carboxylic acids is 1. The van der Waals surface area contributed by atoms with Gasteiger partial charge in [0.1, 0.15) is 5.75 Å². The van der Waals surface area contributed by atoms with Crippen molar-refractivity contribution in [1.29, 1.82) is 0 Å². The molecule has 1 amide bonds. The number of benzene rings is 1. The van der Waals surface area contributed by atoms with Crippen LogP contribution in [-0.2, 0) is 14.6 Å². The van der Waals surface area contributed by atoms with E-state index in [9.17, 15) is 18.0 Å². The maximum Gasteiger partial charge on any atom is 0.337 e. The number of carbonyl (C=O) groups is 2. The van der Waals surface area contributed by atoms with Gasteiger partial charge in [-0.25, -0.2) is 13.2 Å². The summed E-state index contributed by atoms with van der Waals surface area (Å²) in [6, 6.07) is 3.59. The molecule has 110 valence electrons. The van der Waals surface area contributed by atoms with Gasteiger partial charge in [-0.05, 0) is 32.0 Å². The summed E-state index contributed by atoms with van der Waals surface area (Å²) in [7, 11) is -4.03. The number of sulfone groups is 1. The molecule has 0 saturated heterocycles. The van der Waals surface area contributed by atoms with Crippen molar-refractivity contribution in [3.8, 4) is 0 Å². The highest BCUT2D eigenvalue weighted by atomic mass is 79.9. The molecule has 0 unspecified atom stereocenters. The summed E-state index contributed by atoms with van der Waals surface area (Å²) >= 11 is 3.09. The summed E-state index contributed by atoms with van der Waals surface area (Å²) < 4.78 is 24.7. The maximum absolute atomic E-state index is 12.2. The number of aromatic carboxylic acids is 1. The Bertz CT molecular complexity index is 639. The minimum Gasteiger partial charge on any atom is -0.478 e. The topological polar surface area (TPSA) is 101 Å². The summed E-state index contributed by atoms with van der Waals surface area (Å²) in [6.07, 6.45) is 0. The molecule has 2 N–H and O–H groups in total. The zero-order valence-electron chi connectivity index (χ0n) is 10.9. The lowest BCUT2D eigenvalue weighted by Gasteiger charge is -2.10. The van der Waals surface area contributed by atoms with Crippen LogP contribution >= 0.6 is 15.9 Å². The van der Waals surface area contributed by atoms with E-state index in [1.165, 1.54) is 18.2 Å². The largest absolute Gasteiger partial charge is 0.478 e. The molecule has 0 heterocycles. The average molecular weight is 364 g/mol. The number of carbonyl (C=O) groups excluding carboxylic acids is 1. The first-order chi connectivity index (χ1) is 9.13. The number of hydrogen-bond donors (Lipinski definition) is 2. The average Bonchev–Trinajstić information content (AvgIpc) is 2.26. The molecule has 0 saturated carbocycles. The summed E-state index contributed by atoms with van der Waals surface area (Å²) in [5.41, 5.74) is -0.356. The Morgan fingerprint density at radius 3 is 2.45 bits per heavy atom. The number of carboxylic acid groups (broad SMARTS) is 1. The maximum atomic E-state index is 12.2. The Morgan fingerprint density at radius 2 is 1.95 bits per heavy atom. The summed E-state index contributed by atoms with van der Waals surface area (Å²) in [4.78, 5) is 22.2. The van der Waals surface area contributed by atoms with Crippen molar-refractivity contribution in [2.45, 2.75) is 24.8 Å². The van der Waals surface area contributed by atoms with Crippen LogP contribution in [0.2, 0.25) is 0 Å². The summed E-state index contributed by atoms with van der Waals surface area (Å²) in [5.74, 6) is -2.82. The molecule has 0 aliphatic rings. The van der Waals surface area contributed by atoms with Crippen molar-refractivity contribution in [3.05, 3.63) is 28.2 Å². The van der Waals surface area contributed by atoms with E-state index in [-0.39, 0.29) is 16.5 Å². The van der Waals surface area contributed by atoms with Crippen LogP contribution in [0.1, 0.15) is 24.2 Å². The lowest BCUT2D eigenvalue weighted by molar-refractivity contribution is -0.119. The van der Waals surface area contributed by atoms with Crippen LogP contribution in [0, 0.1) is 0 Å². The second kappa shape index (κ2) is 6.36. The number of nitrogens with one attached hydrogen (secondary N) is 1. The fourth-order valence-electron chi connectivity index (χ4n) is 1.54. The lowest BCUT2D eigenvalue weighted by Crippen LogP contribution is -2.35. The quantitative estimate of drug-likeness (QED) is 0.824. The second-order valence-electron chi connectivity index (χ2n) is 4.43. The van der Waals surface area contributed by atoms with Crippen LogP contribution in [0.4, 0.5) is 0 Å². The van der Waals surface area contributed by atoms with Gasteiger partial charge in [-0.1, -0.05) is 15.9 Å². The molecule has 8 heteroatoms. The number of halogens is 1. The number of amides is 1. The minimum absolute atomic E-state index is 0.195. The third kappa shape index (κ3) is 4.31. The summed E-state index contributed by atoms with van der Waals surface area (Å²) in [6.45, 7) is 3.40. The Balaban J connectivity index is 3.18. The van der Waals surface area contributed by atoms with Gasteiger partial charge >= 0.3 is 5.97 Å². The van der Waals surface area contributed by atoms with E-state index >= 15 is 0 Å². The fourth-order valence-corrected chi connectivity index (χ4v) is 3.44. The Morgan fingerprint density at radius 1 is 1.35 bits per heavy atom. The van der Waals surface area contributed by atoms with E-state index in [4.69, 9.17) is 5.11 Å². The molecular formula is C12H14BrNO5S. The van der Waals surface area contributed by atoms with E-state index in [0.29, 0.717) is 4.47 Å². The van der Waals surface area contributed by atoms with E-state index in [1.807, 2.05) is 0 Å². The van der Waals surface area contributed by atoms with E-state index in [2.05, 4.69) is 21.2 Å². The fraction of sp³-hybridized carbons (Fsp3) is 0.333. The molecule has 1 rings (SSSR count). The Labute approximate surface area is 125 Å². The molecule has 0 spiro atoms. The molecule has 0 aromatic heterocycles. The van der Waals surface area contributed by atoms with Crippen LogP contribution in [0.3, 0.4) is 0 Å². The first kappa shape index (κ1) is 16.6. The van der Waals surface area contributed by atoms with Crippen molar-refractivity contribution in [3.63, 3.8) is 0 Å². The first-order valence-corrected chi connectivity index (χ1v) is 8.13. The van der Waals surface area contributed by atoms with Crippen LogP contribution in [0.5, 0.6) is 0 Å². The third-order valence-corrected chi connectivity index (χ3v) is 4.42. The standard InChI is InChI=1S/C12H14BrNO5S/c1-7(2)14-11(15)6-20(18,19)10-5-8(13)3-4-9(10)12(16)17/h3-5,7H,6H2,1-2H3,(H,14,15)(H,16,17). The highest BCUT2D eigenvalue weighted by Gasteiger charge is 2.25. The van der Waals surface area contributed by atoms with Gasteiger partial charge in [0.05, 0.1) is 10.5 Å². The Hall–Kier alpha value is -1.41. The van der Waals surface area contributed by atoms with E-state index in [0.717, 1.165) is 0 Å². The van der Waals surface area contributed by atoms with Gasteiger partial charge in [0.2, 0.25) is 5.91 Å². The number of rotatable bonds is 5. The van der Waals surface area contributed by atoms with Crippen LogP contribution in [0.15, 0.2) is 27.6 Å². The molecule has 1 aromatic rings. The Kier molecular flexibility index (Phi) is 5.29. The summed E-state index contributed by atoms with van der Waals surface area (Å²) in [5, 5.41) is 11.5. The molecular weight excluding hydrogens is 350 g/mol. The second-order valence-corrected chi connectivity index (χ2v) is 7.30. The molecule has 20 heavy (non-hydrogen) atoms. The SMILES string of the molecule is CC(C)NC(=O)CS(=O)(=O)c1cc(Br)ccc1C(=O)O. The van der Waals surface area contributed by atoms with Crippen molar-refractivity contribution in [2.24, 2.45) is 0 Å². The van der Waals surface area contributed by atoms with Crippen LogP contribution in [0.25, 0.3) is 0 Å². The lowest BCUT2D eigenvalue weighted by atomic mass is 10.2. The number of hydrogen-bond acceptors (Lipinski definition) is 4.